The predicted molar refractivity (Wildman–Crippen MR) is 116 cm³/mol. The SMILES string of the molecule is COCCNC(=S)N(Cc1cc2c(C)cc(C)cc2[nH]c1=O)CC1CCCO1. The third-order valence-corrected chi connectivity index (χ3v) is 5.47. The summed E-state index contributed by atoms with van der Waals surface area (Å²) in [6.07, 6.45) is 2.23. The molecule has 1 saturated heterocycles. The van der Waals surface area contributed by atoms with Crippen LogP contribution < -0.4 is 10.9 Å². The van der Waals surface area contributed by atoms with Crippen LogP contribution in [0.1, 0.15) is 29.5 Å². The summed E-state index contributed by atoms with van der Waals surface area (Å²) in [7, 11) is 1.66. The molecule has 1 aromatic carbocycles. The van der Waals surface area contributed by atoms with Crippen LogP contribution in [0.3, 0.4) is 0 Å². The molecule has 1 aliphatic rings. The van der Waals surface area contributed by atoms with Crippen LogP contribution in [-0.4, -0.2) is 54.5 Å². The lowest BCUT2D eigenvalue weighted by Crippen LogP contribution is -2.44. The highest BCUT2D eigenvalue weighted by Gasteiger charge is 2.22. The number of H-pyrrole nitrogens is 1. The summed E-state index contributed by atoms with van der Waals surface area (Å²) in [5.41, 5.74) is 3.79. The van der Waals surface area contributed by atoms with Crippen molar-refractivity contribution in [3.63, 3.8) is 0 Å². The number of aryl methyl sites for hydroxylation is 2. The van der Waals surface area contributed by atoms with Gasteiger partial charge in [0.15, 0.2) is 5.11 Å². The molecule has 0 amide bonds. The second kappa shape index (κ2) is 9.49. The van der Waals surface area contributed by atoms with Gasteiger partial charge in [0.25, 0.3) is 5.56 Å². The van der Waals surface area contributed by atoms with Crippen molar-refractivity contribution in [2.24, 2.45) is 0 Å². The van der Waals surface area contributed by atoms with Crippen LogP contribution in [0.5, 0.6) is 0 Å². The summed E-state index contributed by atoms with van der Waals surface area (Å²) in [5, 5.41) is 4.90. The lowest BCUT2D eigenvalue weighted by Gasteiger charge is -2.28. The zero-order chi connectivity index (χ0) is 20.1. The third kappa shape index (κ3) is 5.10. The topological polar surface area (TPSA) is 66.6 Å². The summed E-state index contributed by atoms with van der Waals surface area (Å²) in [6, 6.07) is 6.13. The lowest BCUT2D eigenvalue weighted by atomic mass is 10.0. The van der Waals surface area contributed by atoms with E-state index in [1.54, 1.807) is 7.11 Å². The van der Waals surface area contributed by atoms with Crippen molar-refractivity contribution < 1.29 is 9.47 Å². The smallest absolute Gasteiger partial charge is 0.253 e. The first-order chi connectivity index (χ1) is 13.5. The van der Waals surface area contributed by atoms with Crippen molar-refractivity contribution in [2.75, 3.05) is 33.4 Å². The maximum Gasteiger partial charge on any atom is 0.253 e. The molecule has 0 bridgehead atoms. The first-order valence-corrected chi connectivity index (χ1v) is 10.1. The van der Waals surface area contributed by atoms with Gasteiger partial charge < -0.3 is 24.7 Å². The number of aromatic amines is 1. The predicted octanol–water partition coefficient (Wildman–Crippen LogP) is 2.65. The first kappa shape index (κ1) is 20.8. The number of ether oxygens (including phenoxy) is 2. The Kier molecular flexibility index (Phi) is 7.04. The monoisotopic (exact) mass is 403 g/mol. The molecule has 0 aliphatic carbocycles. The molecule has 3 rings (SSSR count). The maximum atomic E-state index is 12.7. The average Bonchev–Trinajstić information content (AvgIpc) is 3.15. The average molecular weight is 404 g/mol. The van der Waals surface area contributed by atoms with E-state index in [9.17, 15) is 4.79 Å². The number of methoxy groups -OCH3 is 1. The summed E-state index contributed by atoms with van der Waals surface area (Å²) in [5.74, 6) is 0. The number of hydrogen-bond donors (Lipinski definition) is 2. The Morgan fingerprint density at radius 3 is 2.93 bits per heavy atom. The number of nitrogens with one attached hydrogen (secondary N) is 2. The minimum absolute atomic E-state index is 0.0745. The van der Waals surface area contributed by atoms with Crippen molar-refractivity contribution in [1.29, 1.82) is 0 Å². The maximum absolute atomic E-state index is 12.7. The molecule has 28 heavy (non-hydrogen) atoms. The summed E-state index contributed by atoms with van der Waals surface area (Å²) in [6.45, 7) is 7.20. The molecule has 0 radical (unpaired) electrons. The minimum Gasteiger partial charge on any atom is -0.383 e. The van der Waals surface area contributed by atoms with Crippen molar-refractivity contribution in [1.82, 2.24) is 15.2 Å². The van der Waals surface area contributed by atoms with E-state index >= 15 is 0 Å². The van der Waals surface area contributed by atoms with Crippen molar-refractivity contribution in [3.05, 3.63) is 45.2 Å². The largest absolute Gasteiger partial charge is 0.383 e. The van der Waals surface area contributed by atoms with Gasteiger partial charge in [-0.15, -0.1) is 0 Å². The number of rotatable bonds is 7. The van der Waals surface area contributed by atoms with Crippen LogP contribution in [0.2, 0.25) is 0 Å². The number of pyridine rings is 1. The second-order valence-electron chi connectivity index (χ2n) is 7.41. The Bertz CT molecular complexity index is 890. The van der Waals surface area contributed by atoms with E-state index in [2.05, 4.69) is 23.3 Å². The number of nitrogens with zero attached hydrogens (tertiary/aromatic N) is 1. The van der Waals surface area contributed by atoms with Gasteiger partial charge in [0.1, 0.15) is 0 Å². The summed E-state index contributed by atoms with van der Waals surface area (Å²) >= 11 is 5.60. The molecule has 152 valence electrons. The fourth-order valence-electron chi connectivity index (χ4n) is 3.66. The quantitative estimate of drug-likeness (QED) is 0.547. The molecule has 1 unspecified atom stereocenters. The molecule has 7 heteroatoms. The van der Waals surface area contributed by atoms with E-state index < -0.39 is 0 Å². The molecule has 2 aromatic rings. The molecule has 1 aliphatic heterocycles. The summed E-state index contributed by atoms with van der Waals surface area (Å²) in [4.78, 5) is 17.8. The highest BCUT2D eigenvalue weighted by molar-refractivity contribution is 7.80. The Labute approximate surface area is 171 Å². The van der Waals surface area contributed by atoms with Gasteiger partial charge in [0.2, 0.25) is 0 Å². The molecular formula is C21H29N3O3S. The molecule has 0 spiro atoms. The van der Waals surface area contributed by atoms with Crippen LogP contribution in [0.25, 0.3) is 10.9 Å². The molecule has 0 saturated carbocycles. The lowest BCUT2D eigenvalue weighted by molar-refractivity contribution is 0.0895. The van der Waals surface area contributed by atoms with Gasteiger partial charge in [0, 0.05) is 43.3 Å². The van der Waals surface area contributed by atoms with E-state index in [1.165, 1.54) is 0 Å². The Morgan fingerprint density at radius 1 is 1.39 bits per heavy atom. The minimum atomic E-state index is -0.0745. The van der Waals surface area contributed by atoms with E-state index in [0.29, 0.717) is 36.9 Å². The Balaban J connectivity index is 1.85. The molecule has 1 atom stereocenters. The number of fused-ring (bicyclic) bond motifs is 1. The highest BCUT2D eigenvalue weighted by Crippen LogP contribution is 2.20. The van der Waals surface area contributed by atoms with Crippen LogP contribution in [-0.2, 0) is 16.0 Å². The molecule has 1 aromatic heterocycles. The first-order valence-electron chi connectivity index (χ1n) is 9.74. The van der Waals surface area contributed by atoms with Gasteiger partial charge >= 0.3 is 0 Å². The fourth-order valence-corrected chi connectivity index (χ4v) is 3.91. The van der Waals surface area contributed by atoms with Crippen LogP contribution >= 0.6 is 12.2 Å². The van der Waals surface area contributed by atoms with Gasteiger partial charge in [-0.25, -0.2) is 0 Å². The zero-order valence-electron chi connectivity index (χ0n) is 16.8. The van der Waals surface area contributed by atoms with E-state index in [4.69, 9.17) is 21.7 Å². The number of thiocarbonyl (C=S) groups is 1. The molecule has 2 heterocycles. The standard InChI is InChI=1S/C21H29N3O3S/c1-14-9-15(2)18-11-16(20(25)23-19(18)10-14)12-24(13-17-5-4-7-27-17)21(28)22-6-8-26-3/h9-11,17H,4-8,12-13H2,1-3H3,(H,22,28)(H,23,25). The Morgan fingerprint density at radius 2 is 2.21 bits per heavy atom. The van der Waals surface area contributed by atoms with Crippen LogP contribution in [0, 0.1) is 13.8 Å². The second-order valence-corrected chi connectivity index (χ2v) is 7.79. The molecule has 1 fully saturated rings. The zero-order valence-corrected chi connectivity index (χ0v) is 17.7. The Hall–Kier alpha value is -1.96. The van der Waals surface area contributed by atoms with E-state index in [0.717, 1.165) is 41.5 Å². The van der Waals surface area contributed by atoms with Gasteiger partial charge in [-0.2, -0.15) is 0 Å². The summed E-state index contributed by atoms with van der Waals surface area (Å²) < 4.78 is 10.9. The van der Waals surface area contributed by atoms with Gasteiger partial charge in [-0.05, 0) is 62.2 Å². The van der Waals surface area contributed by atoms with E-state index in [-0.39, 0.29) is 11.7 Å². The van der Waals surface area contributed by atoms with Crippen molar-refractivity contribution >= 4 is 28.2 Å². The number of benzene rings is 1. The third-order valence-electron chi connectivity index (χ3n) is 5.07. The number of aromatic nitrogens is 1. The van der Waals surface area contributed by atoms with Crippen molar-refractivity contribution in [3.8, 4) is 0 Å². The van der Waals surface area contributed by atoms with E-state index in [1.807, 2.05) is 24.0 Å². The van der Waals surface area contributed by atoms with Crippen LogP contribution in [0.15, 0.2) is 23.0 Å². The van der Waals surface area contributed by atoms with Crippen molar-refractivity contribution in [2.45, 2.75) is 39.3 Å². The van der Waals surface area contributed by atoms with Gasteiger partial charge in [-0.1, -0.05) is 6.07 Å². The normalized spacial score (nSPS) is 16.5. The van der Waals surface area contributed by atoms with Gasteiger partial charge in [0.05, 0.1) is 19.3 Å². The highest BCUT2D eigenvalue weighted by atomic mass is 32.1. The number of hydrogen-bond acceptors (Lipinski definition) is 4. The molecule has 6 nitrogen and oxygen atoms in total. The van der Waals surface area contributed by atoms with Crippen LogP contribution in [0.4, 0.5) is 0 Å². The fraction of sp³-hybridized carbons (Fsp3) is 0.524. The van der Waals surface area contributed by atoms with Gasteiger partial charge in [-0.3, -0.25) is 4.79 Å². The molecular weight excluding hydrogens is 374 g/mol. The molecule has 2 N–H and O–H groups in total.